The normalized spacial score (nSPS) is 16.1. The van der Waals surface area contributed by atoms with E-state index in [-0.39, 0.29) is 0 Å². The van der Waals surface area contributed by atoms with Crippen LogP contribution in [0.5, 0.6) is 0 Å². The van der Waals surface area contributed by atoms with Gasteiger partial charge in [-0.05, 0) is 53.0 Å². The summed E-state index contributed by atoms with van der Waals surface area (Å²) in [6.45, 7) is 1.17. The van der Waals surface area contributed by atoms with E-state index in [9.17, 15) is 8.42 Å². The Labute approximate surface area is 129 Å². The number of benzene rings is 1. The lowest BCUT2D eigenvalue weighted by atomic mass is 9.83. The first-order valence-electron chi connectivity index (χ1n) is 6.95. The van der Waals surface area contributed by atoms with Gasteiger partial charge in [0.15, 0.2) is 0 Å². The van der Waals surface area contributed by atoms with E-state index >= 15 is 0 Å². The van der Waals surface area contributed by atoms with Crippen LogP contribution in [0.4, 0.5) is 0 Å². The van der Waals surface area contributed by atoms with Gasteiger partial charge in [-0.15, -0.1) is 0 Å². The second-order valence-corrected chi connectivity index (χ2v) is 7.87. The van der Waals surface area contributed by atoms with Crippen LogP contribution >= 0.6 is 15.9 Å². The molecule has 1 aromatic rings. The predicted octanol–water partition coefficient (Wildman–Crippen LogP) is 2.64. The lowest BCUT2D eigenvalue weighted by Gasteiger charge is -2.25. The summed E-state index contributed by atoms with van der Waals surface area (Å²) in [6.07, 6.45) is 4.70. The fraction of sp³-hybridized carbons (Fsp3) is 0.571. The number of nitrogens with one attached hydrogen (secondary N) is 2. The molecular formula is C14H21BrN2O2S. The van der Waals surface area contributed by atoms with E-state index < -0.39 is 10.0 Å². The minimum Gasteiger partial charge on any atom is -0.316 e. The third-order valence-corrected chi connectivity index (χ3v) is 6.19. The minimum absolute atomic E-state index is 0.318. The fourth-order valence-corrected chi connectivity index (χ4v) is 4.38. The van der Waals surface area contributed by atoms with E-state index in [4.69, 9.17) is 0 Å². The van der Waals surface area contributed by atoms with Gasteiger partial charge < -0.3 is 5.32 Å². The van der Waals surface area contributed by atoms with Crippen LogP contribution in [0.3, 0.4) is 0 Å². The van der Waals surface area contributed by atoms with Gasteiger partial charge in [-0.25, -0.2) is 13.1 Å². The average Bonchev–Trinajstić information content (AvgIpc) is 2.35. The first kappa shape index (κ1) is 15.9. The van der Waals surface area contributed by atoms with Crippen LogP contribution in [0.25, 0.3) is 0 Å². The van der Waals surface area contributed by atoms with E-state index in [2.05, 4.69) is 26.0 Å². The molecule has 0 amide bonds. The molecule has 0 spiro atoms. The van der Waals surface area contributed by atoms with Gasteiger partial charge in [0.2, 0.25) is 10.0 Å². The molecule has 0 aromatic heterocycles. The quantitative estimate of drug-likeness (QED) is 0.785. The molecule has 6 heteroatoms. The Morgan fingerprint density at radius 1 is 1.35 bits per heavy atom. The van der Waals surface area contributed by atoms with Gasteiger partial charge in [-0.3, -0.25) is 0 Å². The first-order chi connectivity index (χ1) is 9.53. The summed E-state index contributed by atoms with van der Waals surface area (Å²) in [7, 11) is -1.60. The van der Waals surface area contributed by atoms with Crippen molar-refractivity contribution < 1.29 is 8.42 Å². The van der Waals surface area contributed by atoms with Crippen molar-refractivity contribution in [1.29, 1.82) is 0 Å². The fourth-order valence-electron chi connectivity index (χ4n) is 2.32. The Balaban J connectivity index is 2.04. The standard InChI is InChI=1S/C14H21BrN2O2S/c1-16-10-12-5-6-13(15)14(9-12)20(18,19)17-8-7-11-3-2-4-11/h5-6,9,11,16-17H,2-4,7-8,10H2,1H3. The van der Waals surface area contributed by atoms with Crippen molar-refractivity contribution >= 4 is 26.0 Å². The Bertz CT molecular complexity index is 556. The summed E-state index contributed by atoms with van der Waals surface area (Å²) < 4.78 is 28.0. The highest BCUT2D eigenvalue weighted by Crippen LogP contribution is 2.29. The molecule has 0 saturated heterocycles. The Morgan fingerprint density at radius 2 is 2.10 bits per heavy atom. The summed E-state index contributed by atoms with van der Waals surface area (Å²) in [4.78, 5) is 0.318. The summed E-state index contributed by atoms with van der Waals surface area (Å²) in [5.74, 6) is 0.705. The molecule has 2 rings (SSSR count). The zero-order valence-corrected chi connectivity index (χ0v) is 14.1. The van der Waals surface area contributed by atoms with Gasteiger partial charge in [-0.1, -0.05) is 25.3 Å². The molecule has 1 aliphatic carbocycles. The Morgan fingerprint density at radius 3 is 2.70 bits per heavy atom. The van der Waals surface area contributed by atoms with Crippen molar-refractivity contribution in [3.63, 3.8) is 0 Å². The third-order valence-electron chi connectivity index (χ3n) is 3.74. The lowest BCUT2D eigenvalue weighted by molar-refractivity contribution is 0.297. The molecule has 1 aromatic carbocycles. The largest absolute Gasteiger partial charge is 0.316 e. The number of sulfonamides is 1. The maximum atomic E-state index is 12.3. The molecule has 0 radical (unpaired) electrons. The molecule has 1 fully saturated rings. The van der Waals surface area contributed by atoms with Crippen molar-refractivity contribution in [2.45, 2.75) is 37.1 Å². The van der Waals surface area contributed by atoms with Crippen molar-refractivity contribution in [3.05, 3.63) is 28.2 Å². The molecule has 0 atom stereocenters. The molecular weight excluding hydrogens is 340 g/mol. The van der Waals surface area contributed by atoms with Crippen LogP contribution in [-0.2, 0) is 16.6 Å². The van der Waals surface area contributed by atoms with E-state index in [1.54, 1.807) is 12.1 Å². The third kappa shape index (κ3) is 4.04. The number of rotatable bonds is 7. The molecule has 0 bridgehead atoms. The number of halogens is 1. The minimum atomic E-state index is -3.44. The van der Waals surface area contributed by atoms with Crippen molar-refractivity contribution in [3.8, 4) is 0 Å². The monoisotopic (exact) mass is 360 g/mol. The molecule has 1 aliphatic rings. The molecule has 2 N–H and O–H groups in total. The summed E-state index contributed by atoms with van der Waals surface area (Å²) in [5.41, 5.74) is 0.954. The van der Waals surface area contributed by atoms with Gasteiger partial charge in [0.05, 0.1) is 4.90 Å². The van der Waals surface area contributed by atoms with Crippen LogP contribution in [0.15, 0.2) is 27.6 Å². The van der Waals surface area contributed by atoms with Crippen LogP contribution in [0, 0.1) is 5.92 Å². The topological polar surface area (TPSA) is 58.2 Å². The molecule has 20 heavy (non-hydrogen) atoms. The highest BCUT2D eigenvalue weighted by Gasteiger charge is 2.20. The zero-order chi connectivity index (χ0) is 14.6. The predicted molar refractivity (Wildman–Crippen MR) is 84.1 cm³/mol. The molecule has 112 valence electrons. The first-order valence-corrected chi connectivity index (χ1v) is 9.23. The Kier molecular flexibility index (Phi) is 5.60. The Hall–Kier alpha value is -0.430. The summed E-state index contributed by atoms with van der Waals surface area (Å²) >= 11 is 3.32. The van der Waals surface area contributed by atoms with Crippen molar-refractivity contribution in [2.24, 2.45) is 5.92 Å². The summed E-state index contributed by atoms with van der Waals surface area (Å²) in [6, 6.07) is 5.41. The number of hydrogen-bond donors (Lipinski definition) is 2. The molecule has 0 aliphatic heterocycles. The zero-order valence-electron chi connectivity index (χ0n) is 11.7. The maximum Gasteiger partial charge on any atom is 0.241 e. The van der Waals surface area contributed by atoms with Gasteiger partial charge >= 0.3 is 0 Å². The molecule has 0 unspecified atom stereocenters. The summed E-state index contributed by atoms with van der Waals surface area (Å²) in [5, 5.41) is 3.02. The second-order valence-electron chi connectivity index (χ2n) is 5.28. The van der Waals surface area contributed by atoms with Gasteiger partial charge in [0.25, 0.3) is 0 Å². The van der Waals surface area contributed by atoms with Crippen LogP contribution in [0.1, 0.15) is 31.2 Å². The SMILES string of the molecule is CNCc1ccc(Br)c(S(=O)(=O)NCCC2CCC2)c1. The lowest BCUT2D eigenvalue weighted by Crippen LogP contribution is -2.28. The van der Waals surface area contributed by atoms with Gasteiger partial charge in [-0.2, -0.15) is 0 Å². The number of hydrogen-bond acceptors (Lipinski definition) is 3. The molecule has 4 nitrogen and oxygen atoms in total. The van der Waals surface area contributed by atoms with E-state index in [0.717, 1.165) is 12.0 Å². The van der Waals surface area contributed by atoms with E-state index in [1.807, 2.05) is 13.1 Å². The average molecular weight is 361 g/mol. The smallest absolute Gasteiger partial charge is 0.241 e. The van der Waals surface area contributed by atoms with Crippen molar-refractivity contribution in [1.82, 2.24) is 10.0 Å². The van der Waals surface area contributed by atoms with Gasteiger partial charge in [0.1, 0.15) is 0 Å². The second kappa shape index (κ2) is 7.02. The molecule has 0 heterocycles. The highest BCUT2D eigenvalue weighted by atomic mass is 79.9. The van der Waals surface area contributed by atoms with Crippen LogP contribution < -0.4 is 10.0 Å². The highest BCUT2D eigenvalue weighted by molar-refractivity contribution is 9.10. The maximum absolute atomic E-state index is 12.3. The molecule has 1 saturated carbocycles. The van der Waals surface area contributed by atoms with Crippen LogP contribution in [-0.4, -0.2) is 22.0 Å². The van der Waals surface area contributed by atoms with Crippen LogP contribution in [0.2, 0.25) is 0 Å². The van der Waals surface area contributed by atoms with Crippen molar-refractivity contribution in [2.75, 3.05) is 13.6 Å². The van der Waals surface area contributed by atoms with E-state index in [1.165, 1.54) is 19.3 Å². The van der Waals surface area contributed by atoms with Gasteiger partial charge in [0, 0.05) is 17.6 Å². The van der Waals surface area contributed by atoms with E-state index in [0.29, 0.717) is 28.4 Å².